The van der Waals surface area contributed by atoms with E-state index in [1.165, 1.54) is 0 Å². The van der Waals surface area contributed by atoms with Crippen LogP contribution in [0.3, 0.4) is 0 Å². The van der Waals surface area contributed by atoms with Crippen molar-refractivity contribution in [3.63, 3.8) is 0 Å². The second kappa shape index (κ2) is 22.2. The number of rotatable bonds is 18. The molecule has 0 aliphatic rings. The largest absolute Gasteiger partial charge is 0.380 e. The molecule has 0 unspecified atom stereocenters. The number of Topliss-reactive ketones (excluding diaryl/α,β-unsaturated/α-hetero) is 4. The molecule has 6 aromatic carbocycles. The van der Waals surface area contributed by atoms with Crippen molar-refractivity contribution < 1.29 is 46.5 Å². The van der Waals surface area contributed by atoms with E-state index in [1.807, 2.05) is 133 Å². The van der Waals surface area contributed by atoms with E-state index in [9.17, 15) is 29.4 Å². The second-order valence-electron chi connectivity index (χ2n) is 14.0. The molecule has 1 radical (unpaired) electrons. The van der Waals surface area contributed by atoms with Gasteiger partial charge in [0.25, 0.3) is 0 Å². The first-order valence-corrected chi connectivity index (χ1v) is 19.0. The topological polar surface area (TPSA) is 109 Å². The van der Waals surface area contributed by atoms with Crippen LogP contribution in [-0.2, 0) is 60.3 Å². The number of aryl methyl sites for hydroxylation is 2. The van der Waals surface area contributed by atoms with Gasteiger partial charge in [-0.3, -0.25) is 19.2 Å². The summed E-state index contributed by atoms with van der Waals surface area (Å²) in [5, 5.41) is 22.8. The fourth-order valence-electron chi connectivity index (χ4n) is 6.77. The smallest absolute Gasteiger partial charge is 0.143 e. The molecule has 0 amide bonds. The minimum atomic E-state index is -1.45. The summed E-state index contributed by atoms with van der Waals surface area (Å²) in [6, 6.07) is 56.0. The number of hydrogen-bond acceptors (Lipinski definition) is 6. The molecule has 0 aromatic heterocycles. The summed E-state index contributed by atoms with van der Waals surface area (Å²) in [6.07, 6.45) is 1.32. The normalized spacial score (nSPS) is 11.0. The van der Waals surface area contributed by atoms with Crippen molar-refractivity contribution in [3.05, 3.63) is 215 Å². The first kappa shape index (κ1) is 44.2. The van der Waals surface area contributed by atoms with Gasteiger partial charge in [-0.2, -0.15) is 0 Å². The Hall–Kier alpha value is -5.56. The minimum absolute atomic E-state index is 0. The zero-order valence-electron chi connectivity index (χ0n) is 31.8. The maximum absolute atomic E-state index is 12.6. The molecule has 0 aliphatic carbocycles. The third-order valence-corrected chi connectivity index (χ3v) is 9.77. The molecule has 0 aliphatic heterocycles. The molecule has 0 fully saturated rings. The summed E-state index contributed by atoms with van der Waals surface area (Å²) < 4.78 is 0. The van der Waals surface area contributed by atoms with Crippen molar-refractivity contribution in [2.45, 2.75) is 62.6 Å². The number of ketones is 4. The maximum Gasteiger partial charge on any atom is 0.143 e. The van der Waals surface area contributed by atoms with Crippen molar-refractivity contribution in [1.29, 1.82) is 0 Å². The van der Waals surface area contributed by atoms with E-state index in [0.717, 1.165) is 11.1 Å². The van der Waals surface area contributed by atoms with Crippen LogP contribution in [0.1, 0.15) is 71.9 Å². The molecule has 0 atom stereocenters. The molecule has 2 N–H and O–H groups in total. The maximum atomic E-state index is 12.6. The average Bonchev–Trinajstić information content (AvgIpc) is 3.24. The molecular weight excluding hydrogens is 760 g/mol. The van der Waals surface area contributed by atoms with E-state index in [4.69, 9.17) is 0 Å². The van der Waals surface area contributed by atoms with E-state index in [-0.39, 0.29) is 65.9 Å². The summed E-state index contributed by atoms with van der Waals surface area (Å²) in [6.45, 7) is 0. The summed E-state index contributed by atoms with van der Waals surface area (Å²) in [7, 11) is 0. The van der Waals surface area contributed by atoms with Gasteiger partial charge in [-0.25, -0.2) is 0 Å². The Labute approximate surface area is 346 Å². The summed E-state index contributed by atoms with van der Waals surface area (Å²) in [4.78, 5) is 49.9. The van der Waals surface area contributed by atoms with Crippen LogP contribution >= 0.6 is 0 Å². The predicted octanol–water partition coefficient (Wildman–Crippen LogP) is 8.94. The Morgan fingerprint density at radius 3 is 0.825 bits per heavy atom. The van der Waals surface area contributed by atoms with E-state index in [2.05, 4.69) is 0 Å². The van der Waals surface area contributed by atoms with Gasteiger partial charge in [0.05, 0.1) is 12.8 Å². The van der Waals surface area contributed by atoms with Crippen molar-refractivity contribution >= 4 is 23.1 Å². The van der Waals surface area contributed by atoms with Crippen LogP contribution in [0.4, 0.5) is 0 Å². The van der Waals surface area contributed by atoms with Gasteiger partial charge in [0.1, 0.15) is 34.3 Å². The predicted molar refractivity (Wildman–Crippen MR) is 220 cm³/mol. The molecule has 0 bridgehead atoms. The molecule has 6 aromatic rings. The standard InChI is InChI=1S/2C25H24O3.Cu/c2*26-23(17-16-20-10-4-1-5-11-20)18-24(27)19-25(28,21-12-6-2-7-13-21)22-14-8-3-9-15-22;/h2*1-15,28H,16-19H2;. The molecule has 0 saturated carbocycles. The summed E-state index contributed by atoms with van der Waals surface area (Å²) in [5.41, 5.74) is 1.84. The number of carbonyl (C=O) groups excluding carboxylic acids is 4. The van der Waals surface area contributed by atoms with E-state index < -0.39 is 11.2 Å². The van der Waals surface area contributed by atoms with E-state index in [1.54, 1.807) is 48.5 Å². The Bertz CT molecular complexity index is 1890. The van der Waals surface area contributed by atoms with Gasteiger partial charge in [-0.15, -0.1) is 0 Å². The van der Waals surface area contributed by atoms with Gasteiger partial charge in [0.15, 0.2) is 0 Å². The number of aliphatic hydroxyl groups is 2. The van der Waals surface area contributed by atoms with Crippen LogP contribution < -0.4 is 0 Å². The van der Waals surface area contributed by atoms with Crippen LogP contribution in [-0.4, -0.2) is 33.3 Å². The van der Waals surface area contributed by atoms with Crippen molar-refractivity contribution in [2.24, 2.45) is 0 Å². The van der Waals surface area contributed by atoms with Gasteiger partial charge in [-0.05, 0) is 46.2 Å². The van der Waals surface area contributed by atoms with Crippen LogP contribution in [0.2, 0.25) is 0 Å². The molecular formula is C50H48CuO6. The van der Waals surface area contributed by atoms with E-state index in [0.29, 0.717) is 47.9 Å². The first-order valence-electron chi connectivity index (χ1n) is 19.0. The molecule has 7 heteroatoms. The molecule has 0 heterocycles. The molecule has 57 heavy (non-hydrogen) atoms. The Balaban J connectivity index is 0.000000248. The fourth-order valence-corrected chi connectivity index (χ4v) is 6.77. The third kappa shape index (κ3) is 13.3. The van der Waals surface area contributed by atoms with Crippen molar-refractivity contribution in [2.75, 3.05) is 0 Å². The molecule has 6 nitrogen and oxygen atoms in total. The van der Waals surface area contributed by atoms with Crippen molar-refractivity contribution in [3.8, 4) is 0 Å². The average molecular weight is 808 g/mol. The summed E-state index contributed by atoms with van der Waals surface area (Å²) >= 11 is 0. The first-order chi connectivity index (χ1) is 27.2. The Morgan fingerprint density at radius 1 is 0.351 bits per heavy atom. The molecule has 0 saturated heterocycles. The van der Waals surface area contributed by atoms with Gasteiger partial charge >= 0.3 is 0 Å². The SMILES string of the molecule is O=C(CCc1ccccc1)CC(=O)CC(O)(c1ccccc1)c1ccccc1.O=C(CCc1ccccc1)CC(=O)CC(O)(c1ccccc1)c1ccccc1.[Cu]. The number of carbonyl (C=O) groups is 4. The van der Waals surface area contributed by atoms with Crippen LogP contribution in [0, 0.1) is 0 Å². The molecule has 295 valence electrons. The monoisotopic (exact) mass is 807 g/mol. The fraction of sp³-hybridized carbons (Fsp3) is 0.200. The second-order valence-corrected chi connectivity index (χ2v) is 14.0. The number of hydrogen-bond donors (Lipinski definition) is 2. The minimum Gasteiger partial charge on any atom is -0.380 e. The zero-order chi connectivity index (χ0) is 39.6. The van der Waals surface area contributed by atoms with Crippen LogP contribution in [0.15, 0.2) is 182 Å². The van der Waals surface area contributed by atoms with Crippen LogP contribution in [0.5, 0.6) is 0 Å². The van der Waals surface area contributed by atoms with Gasteiger partial charge < -0.3 is 10.2 Å². The number of benzene rings is 6. The third-order valence-electron chi connectivity index (χ3n) is 9.77. The summed E-state index contributed by atoms with van der Waals surface area (Å²) in [5.74, 6) is -0.712. The van der Waals surface area contributed by atoms with Crippen LogP contribution in [0.25, 0.3) is 0 Å². The quantitative estimate of drug-likeness (QED) is 0.0664. The van der Waals surface area contributed by atoms with Gasteiger partial charge in [0, 0.05) is 42.8 Å². The molecule has 6 rings (SSSR count). The van der Waals surface area contributed by atoms with Gasteiger partial charge in [-0.1, -0.05) is 182 Å². The zero-order valence-corrected chi connectivity index (χ0v) is 32.7. The van der Waals surface area contributed by atoms with Gasteiger partial charge in [0.2, 0.25) is 0 Å². The Kier molecular flexibility index (Phi) is 17.2. The van der Waals surface area contributed by atoms with Crippen molar-refractivity contribution in [1.82, 2.24) is 0 Å². The molecule has 0 spiro atoms. The van der Waals surface area contributed by atoms with E-state index >= 15 is 0 Å². The Morgan fingerprint density at radius 2 is 0.579 bits per heavy atom.